The molecule has 1 aromatic heterocycles. The molecule has 0 radical (unpaired) electrons. The number of methoxy groups -OCH3 is 1. The largest absolute Gasteiger partial charge is 0.497 e. The van der Waals surface area contributed by atoms with E-state index in [-0.39, 0.29) is 5.91 Å². The van der Waals surface area contributed by atoms with E-state index < -0.39 is 0 Å². The summed E-state index contributed by atoms with van der Waals surface area (Å²) in [6.07, 6.45) is 0.771. The zero-order valence-corrected chi connectivity index (χ0v) is 13.1. The molecule has 0 saturated carbocycles. The number of amides is 1. The maximum atomic E-state index is 11.7. The molecule has 2 aromatic rings. The second kappa shape index (κ2) is 7.59. The smallest absolute Gasteiger partial charge is 0.227 e. The van der Waals surface area contributed by atoms with Gasteiger partial charge in [0, 0.05) is 24.9 Å². The van der Waals surface area contributed by atoms with E-state index >= 15 is 0 Å². The van der Waals surface area contributed by atoms with Crippen LogP contribution in [-0.2, 0) is 11.2 Å². The molecule has 0 spiro atoms. The monoisotopic (exact) mass is 303 g/mol. The first-order valence-electron chi connectivity index (χ1n) is 7.32. The fraction of sp³-hybridized carbons (Fsp3) is 0.438. The van der Waals surface area contributed by atoms with Crippen molar-refractivity contribution in [1.29, 1.82) is 0 Å². The van der Waals surface area contributed by atoms with Crippen molar-refractivity contribution in [2.45, 2.75) is 26.7 Å². The van der Waals surface area contributed by atoms with Crippen molar-refractivity contribution in [3.8, 4) is 17.1 Å². The van der Waals surface area contributed by atoms with Crippen molar-refractivity contribution < 1.29 is 14.1 Å². The van der Waals surface area contributed by atoms with Crippen LogP contribution in [0.3, 0.4) is 0 Å². The molecule has 6 nitrogen and oxygen atoms in total. The Morgan fingerprint density at radius 3 is 2.95 bits per heavy atom. The van der Waals surface area contributed by atoms with Crippen molar-refractivity contribution in [1.82, 2.24) is 15.5 Å². The van der Waals surface area contributed by atoms with Gasteiger partial charge >= 0.3 is 0 Å². The van der Waals surface area contributed by atoms with Crippen LogP contribution in [0.2, 0.25) is 0 Å². The molecule has 1 heterocycles. The third-order valence-corrected chi connectivity index (χ3v) is 3.07. The van der Waals surface area contributed by atoms with Gasteiger partial charge in [0.1, 0.15) is 5.75 Å². The Balaban J connectivity index is 1.92. The summed E-state index contributed by atoms with van der Waals surface area (Å²) in [4.78, 5) is 16.0. The number of carbonyl (C=O) groups is 1. The van der Waals surface area contributed by atoms with Crippen LogP contribution in [0.4, 0.5) is 0 Å². The number of aryl methyl sites for hydroxylation is 1. The molecule has 0 saturated heterocycles. The average Bonchev–Trinajstić information content (AvgIpc) is 3.00. The molecule has 0 fully saturated rings. The minimum Gasteiger partial charge on any atom is -0.497 e. The van der Waals surface area contributed by atoms with E-state index in [1.54, 1.807) is 7.11 Å². The van der Waals surface area contributed by atoms with Crippen LogP contribution in [0.5, 0.6) is 5.75 Å². The van der Waals surface area contributed by atoms with Gasteiger partial charge in [-0.05, 0) is 18.1 Å². The number of nitrogens with one attached hydrogen (secondary N) is 1. The molecular weight excluding hydrogens is 282 g/mol. The highest BCUT2D eigenvalue weighted by molar-refractivity contribution is 5.76. The summed E-state index contributed by atoms with van der Waals surface area (Å²) in [6.45, 7) is 4.79. The molecular formula is C16H21N3O3. The van der Waals surface area contributed by atoms with Crippen LogP contribution in [0.25, 0.3) is 11.4 Å². The van der Waals surface area contributed by atoms with Gasteiger partial charge in [0.25, 0.3) is 0 Å². The van der Waals surface area contributed by atoms with E-state index in [0.717, 1.165) is 11.3 Å². The van der Waals surface area contributed by atoms with Crippen molar-refractivity contribution in [3.05, 3.63) is 30.2 Å². The van der Waals surface area contributed by atoms with Gasteiger partial charge in [0.15, 0.2) is 0 Å². The Labute approximate surface area is 129 Å². The quantitative estimate of drug-likeness (QED) is 0.850. The molecule has 1 N–H and O–H groups in total. The predicted molar refractivity (Wildman–Crippen MR) is 82.5 cm³/mol. The first kappa shape index (κ1) is 16.0. The lowest BCUT2D eigenvalue weighted by Gasteiger charge is -2.06. The lowest BCUT2D eigenvalue weighted by molar-refractivity contribution is -0.121. The maximum absolute atomic E-state index is 11.7. The Morgan fingerprint density at radius 1 is 1.41 bits per heavy atom. The molecule has 0 aliphatic heterocycles. The van der Waals surface area contributed by atoms with Crippen molar-refractivity contribution in [2.24, 2.45) is 5.92 Å². The molecule has 2 rings (SSSR count). The molecule has 6 heteroatoms. The van der Waals surface area contributed by atoms with Crippen molar-refractivity contribution in [2.75, 3.05) is 13.7 Å². The molecule has 118 valence electrons. The van der Waals surface area contributed by atoms with Crippen molar-refractivity contribution in [3.63, 3.8) is 0 Å². The Morgan fingerprint density at radius 2 is 2.23 bits per heavy atom. The Kier molecular flexibility index (Phi) is 5.52. The third kappa shape index (κ3) is 4.58. The van der Waals surface area contributed by atoms with Gasteiger partial charge in [-0.15, -0.1) is 0 Å². The predicted octanol–water partition coefficient (Wildman–Crippen LogP) is 2.45. The minimum atomic E-state index is -0.00479. The number of aromatic nitrogens is 2. The normalized spacial score (nSPS) is 10.7. The van der Waals surface area contributed by atoms with E-state index in [4.69, 9.17) is 9.26 Å². The summed E-state index contributed by atoms with van der Waals surface area (Å²) in [6, 6.07) is 7.43. The summed E-state index contributed by atoms with van der Waals surface area (Å²) in [7, 11) is 1.61. The summed E-state index contributed by atoms with van der Waals surface area (Å²) in [5.74, 6) is 2.12. The lowest BCUT2D eigenvalue weighted by Crippen LogP contribution is -2.27. The van der Waals surface area contributed by atoms with Crippen LogP contribution < -0.4 is 10.1 Å². The summed E-state index contributed by atoms with van der Waals surface area (Å²) >= 11 is 0. The third-order valence-electron chi connectivity index (χ3n) is 3.07. The summed E-state index contributed by atoms with van der Waals surface area (Å²) < 4.78 is 10.4. The number of hydrogen-bond acceptors (Lipinski definition) is 5. The molecule has 22 heavy (non-hydrogen) atoms. The zero-order valence-electron chi connectivity index (χ0n) is 13.1. The van der Waals surface area contributed by atoms with E-state index in [2.05, 4.69) is 29.3 Å². The SMILES string of the molecule is COc1cccc(-c2noc(CCC(=O)NCC(C)C)n2)c1. The van der Waals surface area contributed by atoms with Gasteiger partial charge in [0.05, 0.1) is 7.11 Å². The number of benzene rings is 1. The highest BCUT2D eigenvalue weighted by Crippen LogP contribution is 2.21. The highest BCUT2D eigenvalue weighted by Gasteiger charge is 2.11. The number of hydrogen-bond donors (Lipinski definition) is 1. The lowest BCUT2D eigenvalue weighted by atomic mass is 10.2. The summed E-state index contributed by atoms with van der Waals surface area (Å²) in [5, 5.41) is 6.80. The number of nitrogens with zero attached hydrogens (tertiary/aromatic N) is 2. The number of ether oxygens (including phenoxy) is 1. The van der Waals surface area contributed by atoms with Gasteiger partial charge in [-0.2, -0.15) is 4.98 Å². The molecule has 1 aromatic carbocycles. The summed E-state index contributed by atoms with van der Waals surface area (Å²) in [5.41, 5.74) is 0.818. The van der Waals surface area contributed by atoms with E-state index in [1.807, 2.05) is 24.3 Å². The first-order chi connectivity index (χ1) is 10.6. The molecule has 1 amide bonds. The topological polar surface area (TPSA) is 77.2 Å². The van der Waals surface area contributed by atoms with E-state index in [9.17, 15) is 4.79 Å². The van der Waals surface area contributed by atoms with Gasteiger partial charge in [0.2, 0.25) is 17.6 Å². The molecule has 0 unspecified atom stereocenters. The van der Waals surface area contributed by atoms with Gasteiger partial charge in [-0.3, -0.25) is 4.79 Å². The maximum Gasteiger partial charge on any atom is 0.227 e. The Bertz CT molecular complexity index is 623. The van der Waals surface area contributed by atoms with Gasteiger partial charge < -0.3 is 14.6 Å². The number of carbonyl (C=O) groups excluding carboxylic acids is 1. The highest BCUT2D eigenvalue weighted by atomic mass is 16.5. The zero-order chi connectivity index (χ0) is 15.9. The Hall–Kier alpha value is -2.37. The van der Waals surface area contributed by atoms with Crippen LogP contribution in [0.15, 0.2) is 28.8 Å². The fourth-order valence-corrected chi connectivity index (χ4v) is 1.86. The van der Waals surface area contributed by atoms with Crippen LogP contribution in [-0.4, -0.2) is 29.7 Å². The van der Waals surface area contributed by atoms with Crippen LogP contribution >= 0.6 is 0 Å². The second-order valence-corrected chi connectivity index (χ2v) is 5.44. The van der Waals surface area contributed by atoms with E-state index in [1.165, 1.54) is 0 Å². The molecule has 0 atom stereocenters. The van der Waals surface area contributed by atoms with Crippen molar-refractivity contribution >= 4 is 5.91 Å². The van der Waals surface area contributed by atoms with E-state index in [0.29, 0.717) is 37.0 Å². The van der Waals surface area contributed by atoms with Crippen LogP contribution in [0, 0.1) is 5.92 Å². The standard InChI is InChI=1S/C16H21N3O3/c1-11(2)10-17-14(20)7-8-15-18-16(19-22-15)12-5-4-6-13(9-12)21-3/h4-6,9,11H,7-8,10H2,1-3H3,(H,17,20). The second-order valence-electron chi connectivity index (χ2n) is 5.44. The fourth-order valence-electron chi connectivity index (χ4n) is 1.86. The van der Waals surface area contributed by atoms with Crippen LogP contribution in [0.1, 0.15) is 26.2 Å². The average molecular weight is 303 g/mol. The molecule has 0 bridgehead atoms. The number of rotatable bonds is 7. The first-order valence-corrected chi connectivity index (χ1v) is 7.32. The minimum absolute atomic E-state index is 0.00479. The molecule has 0 aliphatic carbocycles. The molecule has 0 aliphatic rings. The van der Waals surface area contributed by atoms with Gasteiger partial charge in [-0.1, -0.05) is 31.1 Å². The van der Waals surface area contributed by atoms with Gasteiger partial charge in [-0.25, -0.2) is 0 Å².